The van der Waals surface area contributed by atoms with Crippen molar-refractivity contribution in [3.63, 3.8) is 0 Å². The Morgan fingerprint density at radius 1 is 1.05 bits per heavy atom. The van der Waals surface area contributed by atoms with Gasteiger partial charge in [0.05, 0.1) is 6.21 Å². The number of rotatable bonds is 3. The van der Waals surface area contributed by atoms with Crippen LogP contribution in [0.15, 0.2) is 52.5 Å². The van der Waals surface area contributed by atoms with E-state index in [9.17, 15) is 0 Å². The minimum absolute atomic E-state index is 0.559. The number of halogens is 2. The topological polar surface area (TPSA) is 56.2 Å². The normalized spacial score (nSPS) is 11.3. The lowest BCUT2D eigenvalue weighted by Gasteiger charge is -1.99. The Morgan fingerprint density at radius 3 is 2.45 bits per heavy atom. The van der Waals surface area contributed by atoms with Crippen LogP contribution in [0.1, 0.15) is 5.76 Å². The van der Waals surface area contributed by atoms with Crippen molar-refractivity contribution < 1.29 is 4.42 Å². The molecule has 0 aliphatic carbocycles. The molecule has 100 valence electrons. The van der Waals surface area contributed by atoms with E-state index in [0.717, 1.165) is 5.56 Å². The molecule has 0 bridgehead atoms. The van der Waals surface area contributed by atoms with Gasteiger partial charge in [0.15, 0.2) is 0 Å². The van der Waals surface area contributed by atoms with Crippen LogP contribution >= 0.6 is 23.2 Å². The molecule has 20 heavy (non-hydrogen) atoms. The molecule has 0 atom stereocenters. The summed E-state index contributed by atoms with van der Waals surface area (Å²) in [7, 11) is 0. The lowest BCUT2D eigenvalue weighted by Crippen LogP contribution is -1.84. The van der Waals surface area contributed by atoms with Crippen LogP contribution in [0.3, 0.4) is 0 Å². The number of benzene rings is 1. The van der Waals surface area contributed by atoms with Gasteiger partial charge in [-0.2, -0.15) is 5.10 Å². The fourth-order valence-electron chi connectivity index (χ4n) is 1.65. The molecule has 0 aliphatic rings. The lowest BCUT2D eigenvalue weighted by atomic mass is 10.2. The number of aromatic nitrogens is 3. The Labute approximate surface area is 124 Å². The van der Waals surface area contributed by atoms with E-state index in [-0.39, 0.29) is 0 Å². The molecular formula is C13H8Cl2N4O. The highest BCUT2D eigenvalue weighted by Gasteiger charge is 2.06. The molecule has 0 saturated carbocycles. The Morgan fingerprint density at radius 2 is 1.75 bits per heavy atom. The van der Waals surface area contributed by atoms with Crippen LogP contribution in [0.2, 0.25) is 10.0 Å². The molecule has 0 fully saturated rings. The molecule has 0 aliphatic heterocycles. The first kappa shape index (κ1) is 12.9. The lowest BCUT2D eigenvalue weighted by molar-refractivity contribution is 0.574. The predicted octanol–water partition coefficient (Wildman–Crippen LogP) is 3.73. The quantitative estimate of drug-likeness (QED) is 0.693. The van der Waals surface area contributed by atoms with E-state index in [1.165, 1.54) is 17.3 Å². The van der Waals surface area contributed by atoms with Gasteiger partial charge in [0.25, 0.3) is 0 Å². The van der Waals surface area contributed by atoms with Crippen LogP contribution in [-0.4, -0.2) is 21.1 Å². The van der Waals surface area contributed by atoms with E-state index in [1.54, 1.807) is 30.5 Å². The van der Waals surface area contributed by atoms with Crippen molar-refractivity contribution >= 4 is 29.4 Å². The molecule has 7 heteroatoms. The Balaban J connectivity index is 1.86. The molecule has 5 nitrogen and oxygen atoms in total. The van der Waals surface area contributed by atoms with Gasteiger partial charge in [-0.25, -0.2) is 4.68 Å². The van der Waals surface area contributed by atoms with Gasteiger partial charge in [-0.1, -0.05) is 23.2 Å². The summed E-state index contributed by atoms with van der Waals surface area (Å²) in [5.41, 5.74) is 0.812. The largest absolute Gasteiger partial charge is 0.455 e. The number of furan rings is 1. The smallest absolute Gasteiger partial charge is 0.147 e. The van der Waals surface area contributed by atoms with Gasteiger partial charge in [-0.3, -0.25) is 0 Å². The molecular weight excluding hydrogens is 299 g/mol. The Hall–Kier alpha value is -2.11. The number of hydrogen-bond donors (Lipinski definition) is 0. The maximum atomic E-state index is 5.97. The number of nitrogens with zero attached hydrogens (tertiary/aromatic N) is 4. The Kier molecular flexibility index (Phi) is 3.54. The summed E-state index contributed by atoms with van der Waals surface area (Å²) in [6.45, 7) is 0. The second-order valence-corrected chi connectivity index (χ2v) is 4.82. The van der Waals surface area contributed by atoms with Crippen molar-refractivity contribution in [3.8, 4) is 11.3 Å². The molecule has 2 aromatic heterocycles. The molecule has 1 aromatic carbocycles. The molecule has 2 heterocycles. The zero-order valence-corrected chi connectivity index (χ0v) is 11.6. The first-order chi connectivity index (χ1) is 9.70. The van der Waals surface area contributed by atoms with Gasteiger partial charge >= 0.3 is 0 Å². The molecule has 3 rings (SSSR count). The maximum absolute atomic E-state index is 5.97. The van der Waals surface area contributed by atoms with Crippen LogP contribution in [0.5, 0.6) is 0 Å². The second-order valence-electron chi connectivity index (χ2n) is 3.95. The summed E-state index contributed by atoms with van der Waals surface area (Å²) in [4.78, 5) is 0. The molecule has 3 aromatic rings. The average molecular weight is 307 g/mol. The summed E-state index contributed by atoms with van der Waals surface area (Å²) >= 11 is 11.9. The highest BCUT2D eigenvalue weighted by atomic mass is 35.5. The SMILES string of the molecule is Clc1cc(Cl)cc(-c2ccc(/C=N\n3cnnc3)o2)c1. The van der Waals surface area contributed by atoms with Gasteiger partial charge in [-0.05, 0) is 30.3 Å². The summed E-state index contributed by atoms with van der Waals surface area (Å²) in [6, 6.07) is 8.87. The third-order valence-corrected chi connectivity index (χ3v) is 2.94. The standard InChI is InChI=1S/C13H8Cl2N4O/c14-10-3-9(4-11(15)5-10)13-2-1-12(20-13)6-18-19-7-16-17-8-19/h1-8H/b18-6-. The molecule has 0 spiro atoms. The fraction of sp³-hybridized carbons (Fsp3) is 0. The fourth-order valence-corrected chi connectivity index (χ4v) is 2.18. The van der Waals surface area contributed by atoms with Crippen LogP contribution < -0.4 is 0 Å². The van der Waals surface area contributed by atoms with Gasteiger partial charge in [0, 0.05) is 15.6 Å². The molecule has 0 unspecified atom stereocenters. The first-order valence-corrected chi connectivity index (χ1v) is 6.41. The van der Waals surface area contributed by atoms with Gasteiger partial charge in [0.2, 0.25) is 0 Å². The molecule has 0 N–H and O–H groups in total. The molecule has 0 amide bonds. The summed E-state index contributed by atoms with van der Waals surface area (Å²) in [6.07, 6.45) is 4.53. The van der Waals surface area contributed by atoms with Crippen LogP contribution in [0, 0.1) is 0 Å². The van der Waals surface area contributed by atoms with E-state index in [4.69, 9.17) is 27.6 Å². The first-order valence-electron chi connectivity index (χ1n) is 5.66. The highest BCUT2D eigenvalue weighted by Crippen LogP contribution is 2.28. The molecule has 0 radical (unpaired) electrons. The monoisotopic (exact) mass is 306 g/mol. The van der Waals surface area contributed by atoms with Crippen molar-refractivity contribution in [3.05, 3.63) is 58.8 Å². The minimum Gasteiger partial charge on any atom is -0.455 e. The summed E-state index contributed by atoms with van der Waals surface area (Å²) < 4.78 is 7.13. The summed E-state index contributed by atoms with van der Waals surface area (Å²) in [5, 5.41) is 12.5. The molecule has 0 saturated heterocycles. The van der Waals surface area contributed by atoms with E-state index in [1.807, 2.05) is 6.07 Å². The highest BCUT2D eigenvalue weighted by molar-refractivity contribution is 6.35. The van der Waals surface area contributed by atoms with Crippen LogP contribution in [0.4, 0.5) is 0 Å². The zero-order chi connectivity index (χ0) is 13.9. The summed E-state index contributed by atoms with van der Waals surface area (Å²) in [5.74, 6) is 1.27. The second kappa shape index (κ2) is 5.48. The van der Waals surface area contributed by atoms with E-state index in [2.05, 4.69) is 15.3 Å². The van der Waals surface area contributed by atoms with E-state index in [0.29, 0.717) is 21.6 Å². The Bertz CT molecular complexity index is 729. The zero-order valence-electron chi connectivity index (χ0n) is 10.1. The number of hydrogen-bond acceptors (Lipinski definition) is 4. The van der Waals surface area contributed by atoms with Gasteiger partial charge in [0.1, 0.15) is 24.2 Å². The van der Waals surface area contributed by atoms with Crippen molar-refractivity contribution in [2.24, 2.45) is 5.10 Å². The maximum Gasteiger partial charge on any atom is 0.147 e. The van der Waals surface area contributed by atoms with E-state index >= 15 is 0 Å². The van der Waals surface area contributed by atoms with Crippen LogP contribution in [-0.2, 0) is 0 Å². The van der Waals surface area contributed by atoms with Crippen molar-refractivity contribution in [1.29, 1.82) is 0 Å². The third kappa shape index (κ3) is 2.89. The average Bonchev–Trinajstić information content (AvgIpc) is 3.07. The van der Waals surface area contributed by atoms with Gasteiger partial charge < -0.3 is 4.42 Å². The third-order valence-electron chi connectivity index (χ3n) is 2.50. The van der Waals surface area contributed by atoms with Gasteiger partial charge in [-0.15, -0.1) is 10.2 Å². The predicted molar refractivity (Wildman–Crippen MR) is 77.2 cm³/mol. The minimum atomic E-state index is 0.559. The van der Waals surface area contributed by atoms with Crippen molar-refractivity contribution in [2.45, 2.75) is 0 Å². The van der Waals surface area contributed by atoms with Crippen LogP contribution in [0.25, 0.3) is 11.3 Å². The van der Waals surface area contributed by atoms with Crippen molar-refractivity contribution in [1.82, 2.24) is 14.9 Å². The van der Waals surface area contributed by atoms with E-state index < -0.39 is 0 Å². The van der Waals surface area contributed by atoms with Crippen molar-refractivity contribution in [2.75, 3.05) is 0 Å².